The van der Waals surface area contributed by atoms with Crippen molar-refractivity contribution in [1.29, 1.82) is 0 Å². The van der Waals surface area contributed by atoms with E-state index in [1.807, 2.05) is 6.92 Å². The Kier molecular flexibility index (Phi) is 3.96. The van der Waals surface area contributed by atoms with Crippen LogP contribution in [0, 0.1) is 6.92 Å². The van der Waals surface area contributed by atoms with Crippen LogP contribution < -0.4 is 5.32 Å². The second-order valence-electron chi connectivity index (χ2n) is 3.74. The van der Waals surface area contributed by atoms with Gasteiger partial charge in [0.05, 0.1) is 6.20 Å². The zero-order chi connectivity index (χ0) is 12.3. The quantitative estimate of drug-likeness (QED) is 0.868. The molecule has 1 rings (SSSR count). The van der Waals surface area contributed by atoms with Gasteiger partial charge in [0.15, 0.2) is 0 Å². The van der Waals surface area contributed by atoms with Gasteiger partial charge in [-0.3, -0.25) is 4.68 Å². The van der Waals surface area contributed by atoms with Crippen LogP contribution in [0.4, 0.5) is 13.2 Å². The van der Waals surface area contributed by atoms with Crippen molar-refractivity contribution in [2.45, 2.75) is 32.5 Å². The van der Waals surface area contributed by atoms with Gasteiger partial charge in [0, 0.05) is 18.3 Å². The van der Waals surface area contributed by atoms with Gasteiger partial charge >= 0.3 is 6.18 Å². The fraction of sp³-hybridized carbons (Fsp3) is 0.700. The monoisotopic (exact) mass is 235 g/mol. The molecule has 0 radical (unpaired) electrons. The number of halogens is 3. The van der Waals surface area contributed by atoms with Crippen molar-refractivity contribution < 1.29 is 13.2 Å². The van der Waals surface area contributed by atoms with Crippen LogP contribution in [0.15, 0.2) is 6.20 Å². The molecular weight excluding hydrogens is 219 g/mol. The lowest BCUT2D eigenvalue weighted by atomic mass is 10.1. The fourth-order valence-corrected chi connectivity index (χ4v) is 1.49. The highest BCUT2D eigenvalue weighted by atomic mass is 19.4. The van der Waals surface area contributed by atoms with Crippen LogP contribution in [0.5, 0.6) is 0 Å². The van der Waals surface area contributed by atoms with Gasteiger partial charge in [-0.05, 0) is 19.9 Å². The Balaban J connectivity index is 2.97. The maximum Gasteiger partial charge on any atom is 0.408 e. The molecule has 0 saturated heterocycles. The number of rotatable bonds is 4. The van der Waals surface area contributed by atoms with Crippen LogP contribution in [-0.2, 0) is 7.05 Å². The summed E-state index contributed by atoms with van der Waals surface area (Å²) in [5.74, 6) is 0. The Morgan fingerprint density at radius 3 is 2.50 bits per heavy atom. The van der Waals surface area contributed by atoms with Gasteiger partial charge in [-0.15, -0.1) is 0 Å². The molecule has 0 fully saturated rings. The molecule has 1 unspecified atom stereocenters. The van der Waals surface area contributed by atoms with Gasteiger partial charge < -0.3 is 5.32 Å². The van der Waals surface area contributed by atoms with Crippen molar-refractivity contribution in [3.63, 3.8) is 0 Å². The van der Waals surface area contributed by atoms with E-state index in [2.05, 4.69) is 10.4 Å². The predicted molar refractivity (Wildman–Crippen MR) is 55.0 cm³/mol. The first-order valence-electron chi connectivity index (χ1n) is 5.16. The van der Waals surface area contributed by atoms with Crippen molar-refractivity contribution in [3.05, 3.63) is 17.5 Å². The Hall–Kier alpha value is -1.04. The molecule has 1 aromatic rings. The first-order valence-corrected chi connectivity index (χ1v) is 5.16. The van der Waals surface area contributed by atoms with Crippen LogP contribution in [-0.4, -0.2) is 22.5 Å². The summed E-state index contributed by atoms with van der Waals surface area (Å²) in [7, 11) is 1.63. The van der Waals surface area contributed by atoms with Crippen molar-refractivity contribution in [1.82, 2.24) is 15.1 Å². The molecule has 0 aliphatic heterocycles. The van der Waals surface area contributed by atoms with E-state index < -0.39 is 12.2 Å². The number of nitrogens with one attached hydrogen (secondary N) is 1. The van der Waals surface area contributed by atoms with E-state index in [0.717, 1.165) is 0 Å². The maximum atomic E-state index is 12.8. The SMILES string of the molecule is CCCNC(c1cnn(C)c1C)C(F)(F)F. The highest BCUT2D eigenvalue weighted by molar-refractivity contribution is 5.22. The molecule has 1 atom stereocenters. The van der Waals surface area contributed by atoms with E-state index in [9.17, 15) is 13.2 Å². The van der Waals surface area contributed by atoms with Crippen LogP contribution in [0.2, 0.25) is 0 Å². The molecule has 0 aliphatic rings. The van der Waals surface area contributed by atoms with Gasteiger partial charge in [-0.2, -0.15) is 18.3 Å². The summed E-state index contributed by atoms with van der Waals surface area (Å²) in [5.41, 5.74) is 0.731. The maximum absolute atomic E-state index is 12.8. The number of nitrogens with zero attached hydrogens (tertiary/aromatic N) is 2. The normalized spacial score (nSPS) is 14.1. The van der Waals surface area contributed by atoms with Crippen LogP contribution >= 0.6 is 0 Å². The van der Waals surface area contributed by atoms with E-state index in [1.165, 1.54) is 10.9 Å². The van der Waals surface area contributed by atoms with E-state index in [4.69, 9.17) is 0 Å². The van der Waals surface area contributed by atoms with Crippen molar-refractivity contribution >= 4 is 0 Å². The average Bonchev–Trinajstić information content (AvgIpc) is 2.48. The third kappa shape index (κ3) is 2.75. The zero-order valence-corrected chi connectivity index (χ0v) is 9.60. The fourth-order valence-electron chi connectivity index (χ4n) is 1.49. The molecule has 0 amide bonds. The summed E-state index contributed by atoms with van der Waals surface area (Å²) >= 11 is 0. The molecule has 3 nitrogen and oxygen atoms in total. The molecule has 0 aromatic carbocycles. The minimum absolute atomic E-state index is 0.198. The van der Waals surface area contributed by atoms with Crippen molar-refractivity contribution in [2.24, 2.45) is 7.05 Å². The second kappa shape index (κ2) is 4.86. The molecule has 0 bridgehead atoms. The highest BCUT2D eigenvalue weighted by Crippen LogP contribution is 2.33. The Labute approximate surface area is 92.6 Å². The number of hydrogen-bond acceptors (Lipinski definition) is 2. The molecule has 1 heterocycles. The molecule has 6 heteroatoms. The molecule has 0 saturated carbocycles. The summed E-state index contributed by atoms with van der Waals surface area (Å²) in [6.45, 7) is 3.80. The van der Waals surface area contributed by atoms with Gasteiger partial charge in [-0.1, -0.05) is 6.92 Å². The lowest BCUT2D eigenvalue weighted by Crippen LogP contribution is -2.34. The van der Waals surface area contributed by atoms with Crippen LogP contribution in [0.1, 0.15) is 30.6 Å². The summed E-state index contributed by atoms with van der Waals surface area (Å²) in [6.07, 6.45) is -2.36. The minimum atomic E-state index is -4.29. The van der Waals surface area contributed by atoms with E-state index in [-0.39, 0.29) is 5.56 Å². The minimum Gasteiger partial charge on any atom is -0.302 e. The topological polar surface area (TPSA) is 29.9 Å². The van der Waals surface area contributed by atoms with E-state index >= 15 is 0 Å². The second-order valence-corrected chi connectivity index (χ2v) is 3.74. The standard InChI is InChI=1S/C10H16F3N3/c1-4-5-14-9(10(11,12)13)8-6-15-16(3)7(8)2/h6,9,14H,4-5H2,1-3H3. The van der Waals surface area contributed by atoms with Gasteiger partial charge in [-0.25, -0.2) is 0 Å². The molecule has 1 aromatic heterocycles. The third-order valence-electron chi connectivity index (χ3n) is 2.51. The Morgan fingerprint density at radius 1 is 1.50 bits per heavy atom. The lowest BCUT2D eigenvalue weighted by molar-refractivity contribution is -0.157. The summed E-state index contributed by atoms with van der Waals surface area (Å²) in [6, 6.07) is -1.62. The van der Waals surface area contributed by atoms with Gasteiger partial charge in [0.1, 0.15) is 6.04 Å². The first-order chi connectivity index (χ1) is 7.38. The zero-order valence-electron chi connectivity index (χ0n) is 9.60. The van der Waals surface area contributed by atoms with Gasteiger partial charge in [0.25, 0.3) is 0 Å². The number of aromatic nitrogens is 2. The smallest absolute Gasteiger partial charge is 0.302 e. The van der Waals surface area contributed by atoms with E-state index in [0.29, 0.717) is 18.7 Å². The summed E-state index contributed by atoms with van der Waals surface area (Å²) in [5, 5.41) is 6.34. The summed E-state index contributed by atoms with van der Waals surface area (Å²) < 4.78 is 39.9. The molecule has 16 heavy (non-hydrogen) atoms. The highest BCUT2D eigenvalue weighted by Gasteiger charge is 2.41. The molecule has 0 spiro atoms. The van der Waals surface area contributed by atoms with E-state index in [1.54, 1.807) is 14.0 Å². The molecule has 92 valence electrons. The lowest BCUT2D eigenvalue weighted by Gasteiger charge is -2.21. The van der Waals surface area contributed by atoms with Crippen LogP contribution in [0.25, 0.3) is 0 Å². The molecule has 1 N–H and O–H groups in total. The van der Waals surface area contributed by atoms with Crippen molar-refractivity contribution in [2.75, 3.05) is 6.54 Å². The molecular formula is C10H16F3N3. The number of aryl methyl sites for hydroxylation is 1. The predicted octanol–water partition coefficient (Wildman–Crippen LogP) is 2.33. The van der Waals surface area contributed by atoms with Crippen LogP contribution in [0.3, 0.4) is 0 Å². The molecule has 0 aliphatic carbocycles. The first kappa shape index (κ1) is 13.0. The largest absolute Gasteiger partial charge is 0.408 e. The van der Waals surface area contributed by atoms with Gasteiger partial charge in [0.2, 0.25) is 0 Å². The Bertz CT molecular complexity index is 344. The number of hydrogen-bond donors (Lipinski definition) is 1. The number of alkyl halides is 3. The Morgan fingerprint density at radius 2 is 2.12 bits per heavy atom. The average molecular weight is 235 g/mol. The third-order valence-corrected chi connectivity index (χ3v) is 2.51. The van der Waals surface area contributed by atoms with Crippen molar-refractivity contribution in [3.8, 4) is 0 Å². The summed E-state index contributed by atoms with van der Waals surface area (Å²) in [4.78, 5) is 0.